The number of carbonyl (C=O) groups is 1. The Hall–Kier alpha value is -1.23. The van der Waals surface area contributed by atoms with Crippen LogP contribution in [0.4, 0.5) is 0 Å². The third-order valence-corrected chi connectivity index (χ3v) is 4.87. The lowest BCUT2D eigenvalue weighted by Crippen LogP contribution is -2.55. The second-order valence-corrected chi connectivity index (χ2v) is 5.54. The maximum Gasteiger partial charge on any atom is 0.265 e. The zero-order valence-corrected chi connectivity index (χ0v) is 13.4. The van der Waals surface area contributed by atoms with Crippen LogP contribution < -0.4 is 14.8 Å². The Bertz CT molecular complexity index is 466. The summed E-state index contributed by atoms with van der Waals surface area (Å²) in [7, 11) is 0. The van der Waals surface area contributed by atoms with Gasteiger partial charge in [-0.25, -0.2) is 0 Å². The molecule has 0 bridgehead atoms. The van der Waals surface area contributed by atoms with Crippen molar-refractivity contribution in [2.75, 3.05) is 11.9 Å². The van der Waals surface area contributed by atoms with Crippen LogP contribution in [0, 0.1) is 0 Å². The normalized spacial score (nSPS) is 17.6. The van der Waals surface area contributed by atoms with Crippen molar-refractivity contribution in [2.24, 2.45) is 0 Å². The Morgan fingerprint density at radius 2 is 2.00 bits per heavy atom. The number of benzene rings is 1. The Labute approximate surface area is 128 Å². The molecule has 0 aromatic heterocycles. The summed E-state index contributed by atoms with van der Waals surface area (Å²) in [6.07, 6.45) is 1.14. The minimum Gasteiger partial charge on any atom is -0.485 e. The Balaban J connectivity index is 2.05. The van der Waals surface area contributed by atoms with Crippen LogP contribution in [0.25, 0.3) is 0 Å². The van der Waals surface area contributed by atoms with E-state index in [2.05, 4.69) is 35.1 Å². The maximum absolute atomic E-state index is 12.4. The fourth-order valence-electron chi connectivity index (χ4n) is 2.14. The van der Waals surface area contributed by atoms with Gasteiger partial charge in [0, 0.05) is 10.9 Å². The van der Waals surface area contributed by atoms with Gasteiger partial charge in [0.15, 0.2) is 11.5 Å². The molecule has 20 heavy (non-hydrogen) atoms. The number of fused-ring (bicyclic) bond motifs is 1. The first-order valence-electron chi connectivity index (χ1n) is 6.90. The SMILES string of the molecule is CCC(CC)(CBr)NC(=O)C1COc2ccccc2O1. The van der Waals surface area contributed by atoms with Crippen molar-refractivity contribution in [1.82, 2.24) is 5.32 Å². The lowest BCUT2D eigenvalue weighted by molar-refractivity contribution is -0.132. The Kier molecular flexibility index (Phi) is 4.91. The number of ether oxygens (including phenoxy) is 2. The number of carbonyl (C=O) groups excluding carboxylic acids is 1. The van der Waals surface area contributed by atoms with Gasteiger partial charge in [-0.2, -0.15) is 0 Å². The highest BCUT2D eigenvalue weighted by molar-refractivity contribution is 9.09. The second kappa shape index (κ2) is 6.48. The molecular weight excluding hydrogens is 322 g/mol. The van der Waals surface area contributed by atoms with Gasteiger partial charge in [0.25, 0.3) is 5.91 Å². The summed E-state index contributed by atoms with van der Waals surface area (Å²) in [5.74, 6) is 1.19. The van der Waals surface area contributed by atoms with E-state index >= 15 is 0 Å². The van der Waals surface area contributed by atoms with E-state index in [0.29, 0.717) is 11.5 Å². The van der Waals surface area contributed by atoms with E-state index in [1.54, 1.807) is 0 Å². The van der Waals surface area contributed by atoms with Crippen LogP contribution in [0.3, 0.4) is 0 Å². The third kappa shape index (κ3) is 3.08. The largest absolute Gasteiger partial charge is 0.485 e. The standard InChI is InChI=1S/C15H20BrNO3/c1-3-15(4-2,10-16)17-14(18)13-9-19-11-7-5-6-8-12(11)20-13/h5-8,13H,3-4,9-10H2,1-2H3,(H,17,18). The predicted octanol–water partition coefficient (Wildman–Crippen LogP) is 2.90. The molecule has 0 aliphatic carbocycles. The maximum atomic E-state index is 12.4. The average molecular weight is 342 g/mol. The van der Waals surface area contributed by atoms with E-state index in [1.807, 2.05) is 24.3 Å². The van der Waals surface area contributed by atoms with Gasteiger partial charge in [0.05, 0.1) is 0 Å². The van der Waals surface area contributed by atoms with Crippen LogP contribution in [0.2, 0.25) is 0 Å². The van der Waals surface area contributed by atoms with Gasteiger partial charge in [-0.05, 0) is 25.0 Å². The van der Waals surface area contributed by atoms with Gasteiger partial charge < -0.3 is 14.8 Å². The van der Waals surface area contributed by atoms with Crippen molar-refractivity contribution in [3.8, 4) is 11.5 Å². The van der Waals surface area contributed by atoms with Crippen LogP contribution in [0.15, 0.2) is 24.3 Å². The summed E-state index contributed by atoms with van der Waals surface area (Å²) < 4.78 is 11.3. The molecule has 1 aliphatic rings. The first kappa shape index (κ1) is 15.2. The highest BCUT2D eigenvalue weighted by Crippen LogP contribution is 2.31. The van der Waals surface area contributed by atoms with Gasteiger partial charge >= 0.3 is 0 Å². The molecule has 110 valence electrons. The van der Waals surface area contributed by atoms with E-state index in [9.17, 15) is 4.79 Å². The van der Waals surface area contributed by atoms with Crippen LogP contribution in [-0.4, -0.2) is 29.5 Å². The molecule has 1 N–H and O–H groups in total. The zero-order chi connectivity index (χ0) is 14.6. The molecule has 0 fully saturated rings. The molecule has 1 aromatic rings. The summed E-state index contributed by atoms with van der Waals surface area (Å²) in [6.45, 7) is 4.38. The van der Waals surface area contributed by atoms with Gasteiger partial charge in [0.1, 0.15) is 6.61 Å². The van der Waals surface area contributed by atoms with E-state index in [-0.39, 0.29) is 18.1 Å². The van der Waals surface area contributed by atoms with Crippen LogP contribution in [0.1, 0.15) is 26.7 Å². The summed E-state index contributed by atoms with van der Waals surface area (Å²) >= 11 is 3.48. The van der Waals surface area contributed by atoms with E-state index < -0.39 is 6.10 Å². The first-order valence-corrected chi connectivity index (χ1v) is 8.02. The molecule has 1 aliphatic heterocycles. The molecule has 0 saturated carbocycles. The molecule has 0 spiro atoms. The summed E-state index contributed by atoms with van der Waals surface area (Å²) in [6, 6.07) is 7.40. The van der Waals surface area contributed by atoms with Crippen molar-refractivity contribution in [3.05, 3.63) is 24.3 Å². The summed E-state index contributed by atoms with van der Waals surface area (Å²) in [5.41, 5.74) is -0.225. The molecule has 5 heteroatoms. The molecule has 0 saturated heterocycles. The number of halogens is 1. The molecular formula is C15H20BrNO3. The van der Waals surface area contributed by atoms with Gasteiger partial charge in [-0.3, -0.25) is 4.79 Å². The Morgan fingerprint density at radius 3 is 2.60 bits per heavy atom. The minimum absolute atomic E-state index is 0.123. The fraction of sp³-hybridized carbons (Fsp3) is 0.533. The monoisotopic (exact) mass is 341 g/mol. The minimum atomic E-state index is -0.596. The lowest BCUT2D eigenvalue weighted by atomic mass is 9.95. The highest BCUT2D eigenvalue weighted by Gasteiger charge is 2.33. The van der Waals surface area contributed by atoms with E-state index in [0.717, 1.165) is 18.2 Å². The third-order valence-electron chi connectivity index (χ3n) is 3.80. The molecule has 2 rings (SSSR count). The highest BCUT2D eigenvalue weighted by atomic mass is 79.9. The van der Waals surface area contributed by atoms with E-state index in [1.165, 1.54) is 0 Å². The molecule has 1 unspecified atom stereocenters. The quantitative estimate of drug-likeness (QED) is 0.837. The topological polar surface area (TPSA) is 47.6 Å². The number of alkyl halides is 1. The van der Waals surface area contributed by atoms with Crippen LogP contribution in [-0.2, 0) is 4.79 Å². The molecule has 1 heterocycles. The molecule has 4 nitrogen and oxygen atoms in total. The van der Waals surface area contributed by atoms with Crippen molar-refractivity contribution < 1.29 is 14.3 Å². The number of para-hydroxylation sites is 2. The van der Waals surface area contributed by atoms with Gasteiger partial charge in [0.2, 0.25) is 6.10 Å². The molecule has 1 amide bonds. The van der Waals surface area contributed by atoms with Gasteiger partial charge in [-0.1, -0.05) is 41.9 Å². The first-order chi connectivity index (χ1) is 9.64. The number of amides is 1. The Morgan fingerprint density at radius 1 is 1.35 bits per heavy atom. The van der Waals surface area contributed by atoms with Crippen molar-refractivity contribution in [2.45, 2.75) is 38.3 Å². The van der Waals surface area contributed by atoms with Crippen molar-refractivity contribution in [3.63, 3.8) is 0 Å². The number of rotatable bonds is 5. The second-order valence-electron chi connectivity index (χ2n) is 4.97. The fourth-order valence-corrected chi connectivity index (χ4v) is 3.07. The van der Waals surface area contributed by atoms with E-state index in [4.69, 9.17) is 9.47 Å². The molecule has 1 atom stereocenters. The summed E-state index contributed by atoms with van der Waals surface area (Å²) in [4.78, 5) is 12.4. The number of nitrogens with one attached hydrogen (secondary N) is 1. The summed E-state index contributed by atoms with van der Waals surface area (Å²) in [5, 5.41) is 3.81. The molecule has 0 radical (unpaired) electrons. The van der Waals surface area contributed by atoms with Crippen LogP contribution in [0.5, 0.6) is 11.5 Å². The van der Waals surface area contributed by atoms with Crippen LogP contribution >= 0.6 is 15.9 Å². The number of hydrogen-bond acceptors (Lipinski definition) is 3. The molecule has 1 aromatic carbocycles. The average Bonchev–Trinajstić information content (AvgIpc) is 2.52. The number of hydrogen-bond donors (Lipinski definition) is 1. The zero-order valence-electron chi connectivity index (χ0n) is 11.8. The smallest absolute Gasteiger partial charge is 0.265 e. The predicted molar refractivity (Wildman–Crippen MR) is 81.6 cm³/mol. The lowest BCUT2D eigenvalue weighted by Gasteiger charge is -2.34. The van der Waals surface area contributed by atoms with Gasteiger partial charge in [-0.15, -0.1) is 0 Å². The van der Waals surface area contributed by atoms with Crippen molar-refractivity contribution in [1.29, 1.82) is 0 Å². The van der Waals surface area contributed by atoms with Crippen molar-refractivity contribution >= 4 is 21.8 Å².